The molecule has 0 unspecified atom stereocenters. The van der Waals surface area contributed by atoms with Crippen molar-refractivity contribution in [1.29, 1.82) is 0 Å². The molecular formula is C14H15N5O2. The molecule has 21 heavy (non-hydrogen) atoms. The van der Waals surface area contributed by atoms with Gasteiger partial charge in [0, 0.05) is 11.1 Å². The Hall–Kier alpha value is -2.83. The first-order valence-corrected chi connectivity index (χ1v) is 6.56. The molecule has 4 N–H and O–H groups in total. The first-order valence-electron chi connectivity index (χ1n) is 6.56. The van der Waals surface area contributed by atoms with Crippen LogP contribution in [0.5, 0.6) is 0 Å². The SMILES string of the molecule is Cc1[nH]c2c(C(=O)NCc3n[nH]c(=O)[nH]3)cccc2c1C. The summed E-state index contributed by atoms with van der Waals surface area (Å²) in [6.45, 7) is 4.16. The molecule has 1 aromatic carbocycles. The first kappa shape index (κ1) is 13.2. The minimum Gasteiger partial charge on any atom is -0.358 e. The number of hydrogen-bond donors (Lipinski definition) is 4. The number of carbonyl (C=O) groups is 1. The fourth-order valence-electron chi connectivity index (χ4n) is 2.32. The van der Waals surface area contributed by atoms with Gasteiger partial charge in [0.25, 0.3) is 5.91 Å². The lowest BCUT2D eigenvalue weighted by Crippen LogP contribution is -2.24. The van der Waals surface area contributed by atoms with Crippen LogP contribution < -0.4 is 11.0 Å². The largest absolute Gasteiger partial charge is 0.358 e. The zero-order chi connectivity index (χ0) is 15.0. The van der Waals surface area contributed by atoms with E-state index in [0.717, 1.165) is 22.2 Å². The van der Waals surface area contributed by atoms with Gasteiger partial charge in [-0.2, -0.15) is 5.10 Å². The monoisotopic (exact) mass is 285 g/mol. The highest BCUT2D eigenvalue weighted by atomic mass is 16.2. The second-order valence-corrected chi connectivity index (χ2v) is 4.91. The molecule has 3 aromatic rings. The van der Waals surface area contributed by atoms with E-state index in [1.165, 1.54) is 0 Å². The lowest BCUT2D eigenvalue weighted by Gasteiger charge is -2.04. The predicted octanol–water partition coefficient (Wildman–Crippen LogP) is 1.13. The summed E-state index contributed by atoms with van der Waals surface area (Å²) in [5.41, 5.74) is 3.18. The van der Waals surface area contributed by atoms with E-state index >= 15 is 0 Å². The van der Waals surface area contributed by atoms with Gasteiger partial charge in [-0.25, -0.2) is 9.89 Å². The zero-order valence-electron chi connectivity index (χ0n) is 11.7. The van der Waals surface area contributed by atoms with E-state index in [1.54, 1.807) is 6.07 Å². The molecule has 0 fully saturated rings. The van der Waals surface area contributed by atoms with Crippen LogP contribution in [-0.2, 0) is 6.54 Å². The number of rotatable bonds is 3. The third-order valence-electron chi connectivity index (χ3n) is 3.55. The lowest BCUT2D eigenvalue weighted by atomic mass is 10.1. The van der Waals surface area contributed by atoms with Gasteiger partial charge in [0.05, 0.1) is 17.6 Å². The quantitative estimate of drug-likeness (QED) is 0.579. The maximum Gasteiger partial charge on any atom is 0.340 e. The Kier molecular flexibility index (Phi) is 3.09. The number of amides is 1. The summed E-state index contributed by atoms with van der Waals surface area (Å²) in [6, 6.07) is 5.60. The molecule has 0 atom stereocenters. The maximum atomic E-state index is 12.3. The number of aromatic amines is 3. The maximum absolute atomic E-state index is 12.3. The van der Waals surface area contributed by atoms with Crippen molar-refractivity contribution in [1.82, 2.24) is 25.5 Å². The van der Waals surface area contributed by atoms with Gasteiger partial charge in [-0.3, -0.25) is 9.78 Å². The standard InChI is InChI=1S/C14H15N5O2/c1-7-8(2)16-12-9(7)4-3-5-10(12)13(20)15-6-11-17-14(21)19-18-11/h3-5,16H,6H2,1-2H3,(H,15,20)(H2,17,18,19,21). The number of fused-ring (bicyclic) bond motifs is 1. The van der Waals surface area contributed by atoms with Crippen molar-refractivity contribution in [3.05, 3.63) is 51.3 Å². The summed E-state index contributed by atoms with van der Waals surface area (Å²) in [6.07, 6.45) is 0. The van der Waals surface area contributed by atoms with Crippen LogP contribution in [0, 0.1) is 13.8 Å². The molecule has 2 heterocycles. The second-order valence-electron chi connectivity index (χ2n) is 4.91. The van der Waals surface area contributed by atoms with Crippen molar-refractivity contribution in [2.24, 2.45) is 0 Å². The van der Waals surface area contributed by atoms with Crippen molar-refractivity contribution < 1.29 is 4.79 Å². The Morgan fingerprint density at radius 2 is 2.10 bits per heavy atom. The molecule has 0 radical (unpaired) electrons. The average Bonchev–Trinajstić information content (AvgIpc) is 3.01. The van der Waals surface area contributed by atoms with Crippen molar-refractivity contribution >= 4 is 16.8 Å². The van der Waals surface area contributed by atoms with Crippen LogP contribution in [0.2, 0.25) is 0 Å². The number of H-pyrrole nitrogens is 3. The normalized spacial score (nSPS) is 11.0. The van der Waals surface area contributed by atoms with Gasteiger partial charge >= 0.3 is 5.69 Å². The van der Waals surface area contributed by atoms with Gasteiger partial charge in [-0.15, -0.1) is 0 Å². The number of aryl methyl sites for hydroxylation is 2. The van der Waals surface area contributed by atoms with Gasteiger partial charge in [0.15, 0.2) is 0 Å². The van der Waals surface area contributed by atoms with Crippen LogP contribution in [0.25, 0.3) is 10.9 Å². The highest BCUT2D eigenvalue weighted by Crippen LogP contribution is 2.24. The molecule has 108 valence electrons. The van der Waals surface area contributed by atoms with E-state index < -0.39 is 5.69 Å². The van der Waals surface area contributed by atoms with Gasteiger partial charge in [0.1, 0.15) is 5.82 Å². The lowest BCUT2D eigenvalue weighted by molar-refractivity contribution is 0.0951. The molecule has 2 aromatic heterocycles. The zero-order valence-corrected chi connectivity index (χ0v) is 11.7. The highest BCUT2D eigenvalue weighted by Gasteiger charge is 2.14. The Morgan fingerprint density at radius 1 is 1.29 bits per heavy atom. The number of aromatic nitrogens is 4. The van der Waals surface area contributed by atoms with Crippen LogP contribution >= 0.6 is 0 Å². The van der Waals surface area contributed by atoms with Crippen LogP contribution in [0.4, 0.5) is 0 Å². The molecule has 7 nitrogen and oxygen atoms in total. The first-order chi connectivity index (χ1) is 10.1. The van der Waals surface area contributed by atoms with E-state index in [2.05, 4.69) is 25.5 Å². The van der Waals surface area contributed by atoms with Gasteiger partial charge in [-0.1, -0.05) is 12.1 Å². The summed E-state index contributed by atoms with van der Waals surface area (Å²) in [4.78, 5) is 29.0. The van der Waals surface area contributed by atoms with E-state index in [1.807, 2.05) is 26.0 Å². The highest BCUT2D eigenvalue weighted by molar-refractivity contribution is 6.06. The van der Waals surface area contributed by atoms with E-state index in [-0.39, 0.29) is 12.5 Å². The van der Waals surface area contributed by atoms with E-state index in [4.69, 9.17) is 0 Å². The third kappa shape index (κ3) is 2.33. The average molecular weight is 285 g/mol. The fourth-order valence-corrected chi connectivity index (χ4v) is 2.32. The molecule has 0 bridgehead atoms. The molecule has 0 aliphatic rings. The molecule has 0 saturated heterocycles. The molecule has 0 aliphatic carbocycles. The number of para-hydroxylation sites is 1. The smallest absolute Gasteiger partial charge is 0.340 e. The summed E-state index contributed by atoms with van der Waals surface area (Å²) in [5, 5.41) is 9.77. The topological polar surface area (TPSA) is 106 Å². The summed E-state index contributed by atoms with van der Waals surface area (Å²) in [7, 11) is 0. The predicted molar refractivity (Wildman–Crippen MR) is 78.2 cm³/mol. The Bertz CT molecular complexity index is 871. The molecule has 3 rings (SSSR count). The van der Waals surface area contributed by atoms with E-state index in [0.29, 0.717) is 11.4 Å². The van der Waals surface area contributed by atoms with Crippen molar-refractivity contribution in [2.75, 3.05) is 0 Å². The number of carbonyl (C=O) groups excluding carboxylic acids is 1. The Labute approximate surface area is 119 Å². The van der Waals surface area contributed by atoms with Crippen LogP contribution in [0.3, 0.4) is 0 Å². The molecule has 0 aliphatic heterocycles. The second kappa shape index (κ2) is 4.93. The minimum absolute atomic E-state index is 0.159. The third-order valence-corrected chi connectivity index (χ3v) is 3.55. The summed E-state index contributed by atoms with van der Waals surface area (Å²) in [5.74, 6) is 0.171. The fraction of sp³-hybridized carbons (Fsp3) is 0.214. The molecule has 0 spiro atoms. The Balaban J connectivity index is 1.87. The van der Waals surface area contributed by atoms with Gasteiger partial charge in [0.2, 0.25) is 0 Å². The van der Waals surface area contributed by atoms with Crippen LogP contribution in [0.15, 0.2) is 23.0 Å². The van der Waals surface area contributed by atoms with E-state index in [9.17, 15) is 9.59 Å². The number of nitrogens with zero attached hydrogens (tertiary/aromatic N) is 1. The number of benzene rings is 1. The molecule has 1 amide bonds. The molecule has 7 heteroatoms. The van der Waals surface area contributed by atoms with Crippen LogP contribution in [0.1, 0.15) is 27.4 Å². The number of nitrogens with one attached hydrogen (secondary N) is 4. The molecular weight excluding hydrogens is 270 g/mol. The molecule has 0 saturated carbocycles. The Morgan fingerprint density at radius 3 is 2.81 bits per heavy atom. The minimum atomic E-state index is -0.392. The van der Waals surface area contributed by atoms with Crippen LogP contribution in [-0.4, -0.2) is 26.1 Å². The van der Waals surface area contributed by atoms with Crippen molar-refractivity contribution in [2.45, 2.75) is 20.4 Å². The van der Waals surface area contributed by atoms with Crippen molar-refractivity contribution in [3.63, 3.8) is 0 Å². The van der Waals surface area contributed by atoms with Gasteiger partial charge < -0.3 is 10.3 Å². The van der Waals surface area contributed by atoms with Gasteiger partial charge in [-0.05, 0) is 25.5 Å². The number of hydrogen-bond acceptors (Lipinski definition) is 3. The van der Waals surface area contributed by atoms with Crippen molar-refractivity contribution in [3.8, 4) is 0 Å². The summed E-state index contributed by atoms with van der Waals surface area (Å²) >= 11 is 0. The summed E-state index contributed by atoms with van der Waals surface area (Å²) < 4.78 is 0.